The van der Waals surface area contributed by atoms with Crippen LogP contribution in [0.15, 0.2) is 12.2 Å². The largest absolute Gasteiger partial charge is 0.327 e. The van der Waals surface area contributed by atoms with Gasteiger partial charge in [0.05, 0.1) is 0 Å². The van der Waals surface area contributed by atoms with Crippen LogP contribution < -0.4 is 5.73 Å². The summed E-state index contributed by atoms with van der Waals surface area (Å²) in [6, 6.07) is 0.457. The van der Waals surface area contributed by atoms with E-state index in [1.807, 2.05) is 0 Å². The normalized spacial score (nSPS) is 30.7. The Balaban J connectivity index is 2.30. The minimum Gasteiger partial charge on any atom is -0.327 e. The van der Waals surface area contributed by atoms with Crippen molar-refractivity contribution in [1.29, 1.82) is 0 Å². The van der Waals surface area contributed by atoms with Gasteiger partial charge >= 0.3 is 0 Å². The molecular weight excluding hydrogens is 134 g/mol. The van der Waals surface area contributed by atoms with Crippen LogP contribution in [0.25, 0.3) is 0 Å². The summed E-state index contributed by atoms with van der Waals surface area (Å²) >= 11 is 0. The lowest BCUT2D eigenvalue weighted by Gasteiger charge is -2.15. The van der Waals surface area contributed by atoms with Crippen LogP contribution in [-0.4, -0.2) is 6.04 Å². The van der Waals surface area contributed by atoms with Crippen LogP contribution >= 0.6 is 0 Å². The molecule has 0 saturated heterocycles. The number of allylic oxidation sites excluding steroid dienone is 1. The Bertz CT molecular complexity index is 140. The van der Waals surface area contributed by atoms with E-state index >= 15 is 0 Å². The lowest BCUT2D eigenvalue weighted by molar-refractivity contribution is 0.473. The monoisotopic (exact) mass is 153 g/mol. The average Bonchev–Trinajstić information content (AvgIpc) is 2.37. The molecule has 0 aliphatic heterocycles. The molecule has 2 N–H and O–H groups in total. The molecule has 1 aliphatic rings. The van der Waals surface area contributed by atoms with E-state index in [9.17, 15) is 0 Å². The maximum atomic E-state index is 5.94. The van der Waals surface area contributed by atoms with Crippen molar-refractivity contribution in [2.45, 2.75) is 45.1 Å². The van der Waals surface area contributed by atoms with E-state index in [-0.39, 0.29) is 0 Å². The van der Waals surface area contributed by atoms with E-state index in [2.05, 4.69) is 13.5 Å². The summed E-state index contributed by atoms with van der Waals surface area (Å²) < 4.78 is 0. The zero-order valence-electron chi connectivity index (χ0n) is 7.47. The van der Waals surface area contributed by atoms with Gasteiger partial charge in [0.15, 0.2) is 0 Å². The Morgan fingerprint density at radius 1 is 1.55 bits per heavy atom. The summed E-state index contributed by atoms with van der Waals surface area (Å²) in [6.07, 6.45) is 6.14. The summed E-state index contributed by atoms with van der Waals surface area (Å²) in [5.74, 6) is 0.738. The highest BCUT2D eigenvalue weighted by atomic mass is 14.7. The highest BCUT2D eigenvalue weighted by Crippen LogP contribution is 2.29. The second-order valence-corrected chi connectivity index (χ2v) is 3.66. The van der Waals surface area contributed by atoms with Gasteiger partial charge in [0, 0.05) is 6.04 Å². The molecule has 0 aromatic rings. The molecule has 1 heteroatoms. The molecule has 64 valence electrons. The zero-order valence-corrected chi connectivity index (χ0v) is 7.47. The summed E-state index contributed by atoms with van der Waals surface area (Å²) in [5, 5.41) is 0. The van der Waals surface area contributed by atoms with E-state index in [0.717, 1.165) is 18.8 Å². The van der Waals surface area contributed by atoms with Gasteiger partial charge in [0.1, 0.15) is 0 Å². The first kappa shape index (κ1) is 8.79. The Hall–Kier alpha value is -0.300. The maximum absolute atomic E-state index is 5.94. The van der Waals surface area contributed by atoms with Gasteiger partial charge in [0.2, 0.25) is 0 Å². The highest BCUT2D eigenvalue weighted by molar-refractivity contribution is 4.97. The molecule has 0 aromatic carbocycles. The number of nitrogens with two attached hydrogens (primary N) is 1. The molecule has 0 bridgehead atoms. The fraction of sp³-hybridized carbons (Fsp3) is 0.800. The summed E-state index contributed by atoms with van der Waals surface area (Å²) in [7, 11) is 0. The minimum atomic E-state index is 0.457. The number of rotatable bonds is 3. The Morgan fingerprint density at radius 3 is 2.73 bits per heavy atom. The third-order valence-corrected chi connectivity index (χ3v) is 2.77. The van der Waals surface area contributed by atoms with Crippen LogP contribution in [0.5, 0.6) is 0 Å². The standard InChI is InChI=1S/C10H19N/c1-3-8(2)7-9-5-4-6-10(9)11/h9-10H,2-7,11H2,1H3. The van der Waals surface area contributed by atoms with Crippen LogP contribution in [-0.2, 0) is 0 Å². The molecule has 1 saturated carbocycles. The first-order valence-corrected chi connectivity index (χ1v) is 4.66. The number of hydrogen-bond donors (Lipinski definition) is 1. The van der Waals surface area contributed by atoms with Gasteiger partial charge < -0.3 is 5.73 Å². The minimum absolute atomic E-state index is 0.457. The van der Waals surface area contributed by atoms with E-state index in [4.69, 9.17) is 5.73 Å². The molecule has 0 radical (unpaired) electrons. The van der Waals surface area contributed by atoms with Crippen molar-refractivity contribution in [1.82, 2.24) is 0 Å². The SMILES string of the molecule is C=C(CC)CC1CCCC1N. The fourth-order valence-corrected chi connectivity index (χ4v) is 1.83. The van der Waals surface area contributed by atoms with Crippen molar-refractivity contribution in [2.24, 2.45) is 11.7 Å². The lowest BCUT2D eigenvalue weighted by Crippen LogP contribution is -2.24. The Labute approximate surface area is 69.7 Å². The van der Waals surface area contributed by atoms with Crippen molar-refractivity contribution in [3.8, 4) is 0 Å². The molecule has 2 atom stereocenters. The predicted octanol–water partition coefficient (Wildman–Crippen LogP) is 2.47. The highest BCUT2D eigenvalue weighted by Gasteiger charge is 2.23. The fourth-order valence-electron chi connectivity index (χ4n) is 1.83. The van der Waals surface area contributed by atoms with Gasteiger partial charge in [-0.1, -0.05) is 25.5 Å². The quantitative estimate of drug-likeness (QED) is 0.619. The van der Waals surface area contributed by atoms with Crippen molar-refractivity contribution >= 4 is 0 Å². The van der Waals surface area contributed by atoms with Gasteiger partial charge in [-0.3, -0.25) is 0 Å². The van der Waals surface area contributed by atoms with E-state index in [1.165, 1.54) is 24.8 Å². The predicted molar refractivity (Wildman–Crippen MR) is 49.4 cm³/mol. The first-order chi connectivity index (χ1) is 5.24. The molecule has 0 amide bonds. The molecule has 11 heavy (non-hydrogen) atoms. The Kier molecular flexibility index (Phi) is 3.13. The maximum Gasteiger partial charge on any atom is 0.00702 e. The smallest absolute Gasteiger partial charge is 0.00702 e. The Morgan fingerprint density at radius 2 is 2.27 bits per heavy atom. The third-order valence-electron chi connectivity index (χ3n) is 2.77. The third kappa shape index (κ3) is 2.33. The van der Waals surface area contributed by atoms with Gasteiger partial charge in [-0.25, -0.2) is 0 Å². The van der Waals surface area contributed by atoms with E-state index < -0.39 is 0 Å². The first-order valence-electron chi connectivity index (χ1n) is 4.66. The molecule has 1 fully saturated rings. The molecule has 1 rings (SSSR count). The molecule has 1 aliphatic carbocycles. The topological polar surface area (TPSA) is 26.0 Å². The molecule has 0 spiro atoms. The zero-order chi connectivity index (χ0) is 8.27. The van der Waals surface area contributed by atoms with Gasteiger partial charge in [-0.2, -0.15) is 0 Å². The van der Waals surface area contributed by atoms with Crippen molar-refractivity contribution in [2.75, 3.05) is 0 Å². The summed E-state index contributed by atoms with van der Waals surface area (Å²) in [4.78, 5) is 0. The lowest BCUT2D eigenvalue weighted by atomic mass is 9.95. The van der Waals surface area contributed by atoms with Crippen molar-refractivity contribution < 1.29 is 0 Å². The molecule has 0 aromatic heterocycles. The van der Waals surface area contributed by atoms with E-state index in [0.29, 0.717) is 6.04 Å². The van der Waals surface area contributed by atoms with Gasteiger partial charge in [0.25, 0.3) is 0 Å². The molecule has 0 heterocycles. The van der Waals surface area contributed by atoms with Crippen molar-refractivity contribution in [3.05, 3.63) is 12.2 Å². The molecular formula is C10H19N. The van der Waals surface area contributed by atoms with Crippen LogP contribution in [0, 0.1) is 5.92 Å². The number of hydrogen-bond acceptors (Lipinski definition) is 1. The van der Waals surface area contributed by atoms with Gasteiger partial charge in [-0.15, -0.1) is 0 Å². The summed E-state index contributed by atoms with van der Waals surface area (Å²) in [6.45, 7) is 6.19. The second-order valence-electron chi connectivity index (χ2n) is 3.66. The van der Waals surface area contributed by atoms with Gasteiger partial charge in [-0.05, 0) is 31.6 Å². The average molecular weight is 153 g/mol. The second kappa shape index (κ2) is 3.91. The van der Waals surface area contributed by atoms with Crippen LogP contribution in [0.1, 0.15) is 39.0 Å². The van der Waals surface area contributed by atoms with Crippen LogP contribution in [0.4, 0.5) is 0 Å². The molecule has 1 nitrogen and oxygen atoms in total. The van der Waals surface area contributed by atoms with Crippen LogP contribution in [0.2, 0.25) is 0 Å². The summed E-state index contributed by atoms with van der Waals surface area (Å²) in [5.41, 5.74) is 7.31. The van der Waals surface area contributed by atoms with E-state index in [1.54, 1.807) is 0 Å². The van der Waals surface area contributed by atoms with Crippen LogP contribution in [0.3, 0.4) is 0 Å². The molecule has 2 unspecified atom stereocenters. The van der Waals surface area contributed by atoms with Crippen molar-refractivity contribution in [3.63, 3.8) is 0 Å².